The summed E-state index contributed by atoms with van der Waals surface area (Å²) in [6, 6.07) is 16.3. The first kappa shape index (κ1) is 40.9. The first-order chi connectivity index (χ1) is 25.5. The van der Waals surface area contributed by atoms with Crippen molar-refractivity contribution in [3.8, 4) is 12.1 Å². The van der Waals surface area contributed by atoms with E-state index in [1.807, 2.05) is 18.2 Å². The molecule has 4 atom stereocenters. The fourth-order valence-electron chi connectivity index (χ4n) is 6.67. The first-order valence-corrected chi connectivity index (χ1v) is 18.1. The van der Waals surface area contributed by atoms with Gasteiger partial charge in [0.05, 0.1) is 22.5 Å². The highest BCUT2D eigenvalue weighted by Crippen LogP contribution is 2.34. The normalized spacial score (nSPS) is 19.2. The minimum atomic E-state index is -0.990. The van der Waals surface area contributed by atoms with Gasteiger partial charge in [0.25, 0.3) is 0 Å². The molecular formula is C39H39Cl2F2N7O3. The molecule has 14 heteroatoms. The number of nitrogens with zero attached hydrogens (tertiary/aromatic N) is 6. The SMILES string of the molecule is N#Cc1cc(F)c(C[C@H]2CCC[C@@H](CC(=O)c3ccccn3)C2)nc1Cl.N#Cc1cc(F)c(C[C@H]2CCC[C@@H](N)C2)nc1Cl.O=C(O)c1ccccn1. The topological polar surface area (TPSA) is 180 Å². The quantitative estimate of drug-likeness (QED) is 0.131. The highest BCUT2D eigenvalue weighted by molar-refractivity contribution is 6.30. The maximum Gasteiger partial charge on any atom is 0.354 e. The number of carbonyl (C=O) groups excluding carboxylic acids is 1. The molecule has 0 radical (unpaired) electrons. The van der Waals surface area contributed by atoms with Gasteiger partial charge in [-0.3, -0.25) is 9.78 Å². The number of carbonyl (C=O) groups is 2. The highest BCUT2D eigenvalue weighted by Gasteiger charge is 2.27. The minimum Gasteiger partial charge on any atom is -0.477 e. The summed E-state index contributed by atoms with van der Waals surface area (Å²) in [7, 11) is 0. The number of nitrogens with two attached hydrogens (primary N) is 1. The minimum absolute atomic E-state index is 0.0431. The van der Waals surface area contributed by atoms with Crippen LogP contribution in [0.15, 0.2) is 60.9 Å². The van der Waals surface area contributed by atoms with E-state index < -0.39 is 17.6 Å². The molecule has 10 nitrogen and oxygen atoms in total. The van der Waals surface area contributed by atoms with Crippen LogP contribution < -0.4 is 5.73 Å². The Labute approximate surface area is 317 Å². The number of rotatable bonds is 8. The standard InChI is InChI=1S/C20H19ClFN3O.C13H15ClFN3.C6H5NO2/c21-20-15(12-23)11-16(22)18(25-20)9-13-4-3-5-14(8-13)10-19(26)17-6-1-2-7-24-17;14-13-9(7-16)6-11(15)12(18-13)5-8-2-1-3-10(17)4-8;8-6(9)5-3-1-2-4-7-5/h1-2,6-7,11,13-14H,3-5,8-10H2;6,8,10H,1-5,17H2;1-4H,(H,8,9)/t13-,14+;8-,10+;/m00./s1. The first-order valence-electron chi connectivity index (χ1n) is 17.3. The average molecular weight is 763 g/mol. The molecule has 0 bridgehead atoms. The van der Waals surface area contributed by atoms with Crippen molar-refractivity contribution in [3.05, 3.63) is 117 Å². The van der Waals surface area contributed by atoms with E-state index in [-0.39, 0.29) is 50.8 Å². The van der Waals surface area contributed by atoms with Crippen molar-refractivity contribution in [1.82, 2.24) is 19.9 Å². The Morgan fingerprint density at radius 3 is 1.72 bits per heavy atom. The number of ketones is 1. The van der Waals surface area contributed by atoms with Gasteiger partial charge in [0, 0.05) is 24.9 Å². The number of carboxylic acids is 1. The second kappa shape index (κ2) is 20.4. The predicted molar refractivity (Wildman–Crippen MR) is 195 cm³/mol. The number of carboxylic acid groups (broad SMARTS) is 1. The summed E-state index contributed by atoms with van der Waals surface area (Å²) >= 11 is 11.8. The van der Waals surface area contributed by atoms with Gasteiger partial charge in [-0.15, -0.1) is 0 Å². The Balaban J connectivity index is 0.000000200. The molecule has 276 valence electrons. The predicted octanol–water partition coefficient (Wildman–Crippen LogP) is 8.35. The molecule has 2 aliphatic rings. The number of halogens is 4. The summed E-state index contributed by atoms with van der Waals surface area (Å²) in [5, 5.41) is 26.1. The third-order valence-electron chi connectivity index (χ3n) is 9.23. The van der Waals surface area contributed by atoms with Gasteiger partial charge in [-0.2, -0.15) is 10.5 Å². The van der Waals surface area contributed by atoms with E-state index in [2.05, 4.69) is 19.9 Å². The van der Waals surface area contributed by atoms with Crippen molar-refractivity contribution < 1.29 is 23.5 Å². The Bertz CT molecular complexity index is 1940. The zero-order valence-electron chi connectivity index (χ0n) is 28.9. The van der Waals surface area contributed by atoms with Crippen LogP contribution in [0.3, 0.4) is 0 Å². The van der Waals surface area contributed by atoms with Crippen LogP contribution in [0.2, 0.25) is 10.3 Å². The zero-order chi connectivity index (χ0) is 38.3. The fourth-order valence-corrected chi connectivity index (χ4v) is 7.07. The van der Waals surface area contributed by atoms with E-state index in [0.29, 0.717) is 42.3 Å². The Morgan fingerprint density at radius 2 is 1.26 bits per heavy atom. The fraction of sp³-hybridized carbons (Fsp3) is 0.385. The Hall–Kier alpha value is -4.88. The molecule has 0 spiro atoms. The number of Topliss-reactive ketones (excluding diaryl/α,β-unsaturated/α-hetero) is 1. The van der Waals surface area contributed by atoms with Crippen molar-refractivity contribution in [2.24, 2.45) is 23.5 Å². The molecular weight excluding hydrogens is 723 g/mol. The van der Waals surface area contributed by atoms with Crippen LogP contribution in [-0.2, 0) is 12.8 Å². The van der Waals surface area contributed by atoms with E-state index in [9.17, 15) is 18.4 Å². The lowest BCUT2D eigenvalue weighted by molar-refractivity contribution is 0.0690. The third-order valence-corrected chi connectivity index (χ3v) is 9.81. The molecule has 0 aliphatic heterocycles. The maximum absolute atomic E-state index is 14.2. The molecule has 2 aliphatic carbocycles. The van der Waals surface area contributed by atoms with Crippen LogP contribution in [-0.4, -0.2) is 42.8 Å². The molecule has 4 heterocycles. The number of hydrogen-bond acceptors (Lipinski definition) is 9. The van der Waals surface area contributed by atoms with Crippen molar-refractivity contribution in [2.45, 2.75) is 76.7 Å². The summed E-state index contributed by atoms with van der Waals surface area (Å²) in [5.41, 5.74) is 7.27. The molecule has 3 N–H and O–H groups in total. The number of nitriles is 2. The molecule has 6 rings (SSSR count). The van der Waals surface area contributed by atoms with Crippen LogP contribution in [0, 0.1) is 52.1 Å². The number of aromatic nitrogens is 4. The van der Waals surface area contributed by atoms with Crippen LogP contribution in [0.4, 0.5) is 8.78 Å². The molecule has 53 heavy (non-hydrogen) atoms. The van der Waals surface area contributed by atoms with Crippen LogP contribution >= 0.6 is 23.2 Å². The lowest BCUT2D eigenvalue weighted by Crippen LogP contribution is -2.29. The van der Waals surface area contributed by atoms with Gasteiger partial charge < -0.3 is 10.8 Å². The lowest BCUT2D eigenvalue weighted by atomic mass is 9.77. The lowest BCUT2D eigenvalue weighted by Gasteiger charge is -2.28. The van der Waals surface area contributed by atoms with E-state index in [4.69, 9.17) is 44.6 Å². The molecule has 2 fully saturated rings. The van der Waals surface area contributed by atoms with Crippen LogP contribution in [0.5, 0.6) is 0 Å². The molecule has 4 aromatic heterocycles. The molecule has 0 amide bonds. The van der Waals surface area contributed by atoms with Gasteiger partial charge in [-0.25, -0.2) is 28.5 Å². The van der Waals surface area contributed by atoms with Gasteiger partial charge >= 0.3 is 5.97 Å². The molecule has 0 saturated heterocycles. The van der Waals surface area contributed by atoms with E-state index >= 15 is 0 Å². The Morgan fingerprint density at radius 1 is 0.774 bits per heavy atom. The van der Waals surface area contributed by atoms with Gasteiger partial charge in [-0.1, -0.05) is 54.6 Å². The summed E-state index contributed by atoms with van der Waals surface area (Å²) < 4.78 is 27.9. The zero-order valence-corrected chi connectivity index (χ0v) is 30.4. The van der Waals surface area contributed by atoms with Gasteiger partial charge in [-0.05, 0) is 99.1 Å². The van der Waals surface area contributed by atoms with E-state index in [0.717, 1.165) is 63.5 Å². The van der Waals surface area contributed by atoms with Gasteiger partial charge in [0.1, 0.15) is 45.5 Å². The monoisotopic (exact) mass is 761 g/mol. The largest absolute Gasteiger partial charge is 0.477 e. The van der Waals surface area contributed by atoms with Crippen molar-refractivity contribution in [1.29, 1.82) is 10.5 Å². The molecule has 4 aromatic rings. The second-order valence-corrected chi connectivity index (χ2v) is 13.9. The summed E-state index contributed by atoms with van der Waals surface area (Å²) in [6.45, 7) is 0. The smallest absolute Gasteiger partial charge is 0.354 e. The van der Waals surface area contributed by atoms with Crippen molar-refractivity contribution >= 4 is 35.0 Å². The van der Waals surface area contributed by atoms with Gasteiger partial charge in [0.2, 0.25) is 0 Å². The molecule has 0 aromatic carbocycles. The Kier molecular flexibility index (Phi) is 15.7. The van der Waals surface area contributed by atoms with Gasteiger partial charge in [0.15, 0.2) is 5.78 Å². The molecule has 0 unspecified atom stereocenters. The maximum atomic E-state index is 14.2. The third kappa shape index (κ3) is 12.6. The van der Waals surface area contributed by atoms with Crippen molar-refractivity contribution in [2.75, 3.05) is 0 Å². The number of pyridine rings is 4. The number of hydrogen-bond donors (Lipinski definition) is 2. The average Bonchev–Trinajstić information content (AvgIpc) is 3.15. The van der Waals surface area contributed by atoms with E-state index in [1.54, 1.807) is 30.5 Å². The molecule has 2 saturated carbocycles. The number of aromatic carboxylic acids is 1. The van der Waals surface area contributed by atoms with Crippen LogP contribution in [0.1, 0.15) is 101 Å². The second-order valence-electron chi connectivity index (χ2n) is 13.2. The summed E-state index contributed by atoms with van der Waals surface area (Å²) in [5.74, 6) is -0.971. The summed E-state index contributed by atoms with van der Waals surface area (Å²) in [4.78, 5) is 38.3. The van der Waals surface area contributed by atoms with E-state index in [1.165, 1.54) is 12.3 Å². The van der Waals surface area contributed by atoms with Crippen LogP contribution in [0.25, 0.3) is 0 Å². The van der Waals surface area contributed by atoms with Crippen molar-refractivity contribution in [3.63, 3.8) is 0 Å². The summed E-state index contributed by atoms with van der Waals surface area (Å²) in [6.07, 6.45) is 12.5. The highest BCUT2D eigenvalue weighted by atomic mass is 35.5.